The standard InChI is InChI=1S/C25H28FNO6/c1-2-30-25-19(4-3-11-28)20(17-7-10-21-22(12-17)32-15-31-21)13-23(33-25)24(29)27-14-16-5-8-18(26)9-6-16/h5-10,12-13,19-20,25,28H,2-4,11,14-15H2,1H3,(H,27,29)/t19-,20-,25-/m0/s1. The van der Waals surface area contributed by atoms with E-state index >= 15 is 0 Å². The van der Waals surface area contributed by atoms with Crippen molar-refractivity contribution in [3.05, 3.63) is 71.2 Å². The first-order chi connectivity index (χ1) is 16.1. The van der Waals surface area contributed by atoms with Crippen molar-refractivity contribution in [3.8, 4) is 11.5 Å². The van der Waals surface area contributed by atoms with Gasteiger partial charge >= 0.3 is 0 Å². The maximum Gasteiger partial charge on any atom is 0.286 e. The van der Waals surface area contributed by atoms with E-state index in [9.17, 15) is 14.3 Å². The molecule has 0 unspecified atom stereocenters. The zero-order chi connectivity index (χ0) is 23.2. The Bertz CT molecular complexity index is 993. The van der Waals surface area contributed by atoms with Crippen molar-refractivity contribution in [3.63, 3.8) is 0 Å². The van der Waals surface area contributed by atoms with Crippen LogP contribution in [0.1, 0.15) is 36.8 Å². The number of halogens is 1. The van der Waals surface area contributed by atoms with E-state index < -0.39 is 6.29 Å². The lowest BCUT2D eigenvalue weighted by molar-refractivity contribution is -0.166. The fourth-order valence-electron chi connectivity index (χ4n) is 4.14. The molecule has 2 aliphatic heterocycles. The summed E-state index contributed by atoms with van der Waals surface area (Å²) < 4.78 is 36.0. The number of allylic oxidation sites excluding steroid dienone is 1. The van der Waals surface area contributed by atoms with Crippen LogP contribution in [0.25, 0.3) is 0 Å². The monoisotopic (exact) mass is 457 g/mol. The van der Waals surface area contributed by atoms with Gasteiger partial charge in [-0.2, -0.15) is 0 Å². The predicted octanol–water partition coefficient (Wildman–Crippen LogP) is 3.62. The Morgan fingerprint density at radius 2 is 1.97 bits per heavy atom. The Balaban J connectivity index is 1.59. The van der Waals surface area contributed by atoms with E-state index in [2.05, 4.69) is 5.32 Å². The van der Waals surface area contributed by atoms with E-state index in [4.69, 9.17) is 18.9 Å². The summed E-state index contributed by atoms with van der Waals surface area (Å²) in [5.74, 6) is 0.496. The molecule has 4 rings (SSSR count). The van der Waals surface area contributed by atoms with Crippen molar-refractivity contribution in [2.75, 3.05) is 20.0 Å². The summed E-state index contributed by atoms with van der Waals surface area (Å²) in [7, 11) is 0. The lowest BCUT2D eigenvalue weighted by atomic mass is 9.80. The van der Waals surface area contributed by atoms with Crippen molar-refractivity contribution in [1.82, 2.24) is 5.32 Å². The molecule has 0 aromatic heterocycles. The fourth-order valence-corrected chi connectivity index (χ4v) is 4.14. The third-order valence-electron chi connectivity index (χ3n) is 5.78. The summed E-state index contributed by atoms with van der Waals surface area (Å²) >= 11 is 0. The van der Waals surface area contributed by atoms with Crippen LogP contribution in [0.3, 0.4) is 0 Å². The van der Waals surface area contributed by atoms with Gasteiger partial charge in [0.15, 0.2) is 17.3 Å². The van der Waals surface area contributed by atoms with Crippen molar-refractivity contribution in [1.29, 1.82) is 0 Å². The molecule has 33 heavy (non-hydrogen) atoms. The topological polar surface area (TPSA) is 86.3 Å². The van der Waals surface area contributed by atoms with E-state index in [-0.39, 0.29) is 49.3 Å². The van der Waals surface area contributed by atoms with E-state index in [0.29, 0.717) is 30.9 Å². The Hall–Kier alpha value is -3.10. The number of ether oxygens (including phenoxy) is 4. The average molecular weight is 457 g/mol. The number of hydrogen-bond acceptors (Lipinski definition) is 6. The molecule has 1 amide bonds. The fraction of sp³-hybridized carbons (Fsp3) is 0.400. The molecule has 2 N–H and O–H groups in total. The van der Waals surface area contributed by atoms with Gasteiger partial charge < -0.3 is 29.4 Å². The third-order valence-corrected chi connectivity index (χ3v) is 5.78. The van der Waals surface area contributed by atoms with Crippen LogP contribution in [0.5, 0.6) is 11.5 Å². The molecule has 8 heteroatoms. The first-order valence-corrected chi connectivity index (χ1v) is 11.1. The summed E-state index contributed by atoms with van der Waals surface area (Å²) in [5.41, 5.74) is 1.72. The van der Waals surface area contributed by atoms with Crippen LogP contribution in [0, 0.1) is 11.7 Å². The molecule has 2 heterocycles. The van der Waals surface area contributed by atoms with Crippen LogP contribution >= 0.6 is 0 Å². The van der Waals surface area contributed by atoms with Gasteiger partial charge in [0.25, 0.3) is 5.91 Å². The van der Waals surface area contributed by atoms with E-state index in [1.54, 1.807) is 18.2 Å². The number of carbonyl (C=O) groups excluding carboxylic acids is 1. The number of fused-ring (bicyclic) bond motifs is 1. The Morgan fingerprint density at radius 1 is 1.18 bits per heavy atom. The molecule has 0 spiro atoms. The number of amides is 1. The van der Waals surface area contributed by atoms with Crippen molar-refractivity contribution in [2.45, 2.75) is 38.5 Å². The number of nitrogens with one attached hydrogen (secondary N) is 1. The molecule has 0 radical (unpaired) electrons. The summed E-state index contributed by atoms with van der Waals surface area (Å²) in [5, 5.41) is 12.2. The number of carbonyl (C=O) groups is 1. The van der Waals surface area contributed by atoms with Crippen LogP contribution < -0.4 is 14.8 Å². The highest BCUT2D eigenvalue weighted by Crippen LogP contribution is 2.42. The van der Waals surface area contributed by atoms with Gasteiger partial charge in [-0.1, -0.05) is 18.2 Å². The summed E-state index contributed by atoms with van der Waals surface area (Å²) in [6, 6.07) is 11.7. The van der Waals surface area contributed by atoms with Crippen LogP contribution in [-0.4, -0.2) is 37.3 Å². The number of aliphatic hydroxyl groups is 1. The van der Waals surface area contributed by atoms with Crippen LogP contribution in [0.2, 0.25) is 0 Å². The molecule has 7 nitrogen and oxygen atoms in total. The van der Waals surface area contributed by atoms with Gasteiger partial charge in [0.1, 0.15) is 5.82 Å². The molecule has 2 aliphatic rings. The SMILES string of the molecule is CCO[C@H]1OC(C(=O)NCc2ccc(F)cc2)=C[C@@H](c2ccc3c(c2)OCO3)[C@@H]1CCCO. The zero-order valence-electron chi connectivity index (χ0n) is 18.5. The second kappa shape index (κ2) is 10.7. The van der Waals surface area contributed by atoms with Crippen molar-refractivity contribution in [2.24, 2.45) is 5.92 Å². The van der Waals surface area contributed by atoms with Crippen molar-refractivity contribution >= 4 is 5.91 Å². The van der Waals surface area contributed by atoms with Gasteiger partial charge in [-0.3, -0.25) is 4.79 Å². The summed E-state index contributed by atoms with van der Waals surface area (Å²) in [6.45, 7) is 2.75. The molecule has 0 fully saturated rings. The first-order valence-electron chi connectivity index (χ1n) is 11.1. The molecule has 0 saturated heterocycles. The molecular weight excluding hydrogens is 429 g/mol. The summed E-state index contributed by atoms with van der Waals surface area (Å²) in [4.78, 5) is 13.0. The van der Waals surface area contributed by atoms with Gasteiger partial charge in [0, 0.05) is 31.6 Å². The average Bonchev–Trinajstić information content (AvgIpc) is 3.30. The van der Waals surface area contributed by atoms with Crippen molar-refractivity contribution < 1.29 is 33.2 Å². The molecule has 2 aromatic carbocycles. The lowest BCUT2D eigenvalue weighted by Crippen LogP contribution is -2.39. The van der Waals surface area contributed by atoms with Crippen LogP contribution in [0.4, 0.5) is 4.39 Å². The van der Waals surface area contributed by atoms with Gasteiger partial charge in [0.2, 0.25) is 13.1 Å². The summed E-state index contributed by atoms with van der Waals surface area (Å²) in [6.07, 6.45) is 2.39. The predicted molar refractivity (Wildman–Crippen MR) is 118 cm³/mol. The Kier molecular flexibility index (Phi) is 7.47. The van der Waals surface area contributed by atoms with Crippen LogP contribution in [-0.2, 0) is 20.8 Å². The minimum Gasteiger partial charge on any atom is -0.459 e. The van der Waals surface area contributed by atoms with E-state index in [0.717, 1.165) is 11.1 Å². The first kappa shape index (κ1) is 23.1. The van der Waals surface area contributed by atoms with Crippen LogP contribution in [0.15, 0.2) is 54.3 Å². The van der Waals surface area contributed by atoms with Gasteiger partial charge in [-0.15, -0.1) is 0 Å². The van der Waals surface area contributed by atoms with Gasteiger partial charge in [-0.25, -0.2) is 4.39 Å². The maximum atomic E-state index is 13.1. The second-order valence-corrected chi connectivity index (χ2v) is 7.95. The molecule has 0 bridgehead atoms. The third kappa shape index (κ3) is 5.46. The smallest absolute Gasteiger partial charge is 0.286 e. The minimum atomic E-state index is -0.645. The molecule has 0 aliphatic carbocycles. The largest absolute Gasteiger partial charge is 0.459 e. The van der Waals surface area contributed by atoms with Gasteiger partial charge in [-0.05, 0) is 61.2 Å². The molecular formula is C25H28FNO6. The molecule has 176 valence electrons. The lowest BCUT2D eigenvalue weighted by Gasteiger charge is -2.37. The molecule has 0 saturated carbocycles. The normalized spacial score (nSPS) is 21.3. The highest BCUT2D eigenvalue weighted by Gasteiger charge is 2.38. The molecule has 2 aromatic rings. The number of benzene rings is 2. The number of hydrogen-bond donors (Lipinski definition) is 2. The maximum absolute atomic E-state index is 13.1. The second-order valence-electron chi connectivity index (χ2n) is 7.95. The quantitative estimate of drug-likeness (QED) is 0.598. The minimum absolute atomic E-state index is 0.0535. The Morgan fingerprint density at radius 3 is 2.73 bits per heavy atom. The highest BCUT2D eigenvalue weighted by atomic mass is 19.1. The zero-order valence-corrected chi connectivity index (χ0v) is 18.5. The highest BCUT2D eigenvalue weighted by molar-refractivity contribution is 5.91. The molecule has 3 atom stereocenters. The Labute approximate surface area is 192 Å². The number of aliphatic hydroxyl groups excluding tert-OH is 1. The van der Waals surface area contributed by atoms with E-state index in [1.807, 2.05) is 25.1 Å². The van der Waals surface area contributed by atoms with E-state index in [1.165, 1.54) is 12.1 Å². The van der Waals surface area contributed by atoms with Gasteiger partial charge in [0.05, 0.1) is 0 Å². The number of rotatable bonds is 9.